The molecule has 2 saturated heterocycles. The lowest BCUT2D eigenvalue weighted by atomic mass is 9.92. The number of hydrogen-bond acceptors (Lipinski definition) is 4. The average Bonchev–Trinajstić information content (AvgIpc) is 2.60. The number of carbonyl (C=O) groups is 3. The second-order valence-electron chi connectivity index (χ2n) is 6.88. The molecule has 136 valence electrons. The van der Waals surface area contributed by atoms with Gasteiger partial charge in [0.1, 0.15) is 6.54 Å². The van der Waals surface area contributed by atoms with Crippen LogP contribution in [0.1, 0.15) is 44.9 Å². The highest BCUT2D eigenvalue weighted by Crippen LogP contribution is 2.21. The fraction of sp³-hybridized carbons (Fsp3) is 0.824. The van der Waals surface area contributed by atoms with Crippen LogP contribution in [0.3, 0.4) is 0 Å². The summed E-state index contributed by atoms with van der Waals surface area (Å²) in [5.74, 6) is -0.740. The van der Waals surface area contributed by atoms with Gasteiger partial charge < -0.3 is 20.6 Å². The van der Waals surface area contributed by atoms with E-state index in [-0.39, 0.29) is 24.3 Å². The summed E-state index contributed by atoms with van der Waals surface area (Å²) in [6.07, 6.45) is 6.47. The molecule has 0 bridgehead atoms. The van der Waals surface area contributed by atoms with E-state index in [4.69, 9.17) is 5.11 Å². The van der Waals surface area contributed by atoms with Gasteiger partial charge in [-0.05, 0) is 57.5 Å². The topological polar surface area (TPSA) is 98.7 Å². The Hall–Kier alpha value is -1.63. The summed E-state index contributed by atoms with van der Waals surface area (Å²) in [6, 6.07) is 0. The molecule has 3 N–H and O–H groups in total. The van der Waals surface area contributed by atoms with Gasteiger partial charge in [-0.25, -0.2) is 0 Å². The molecule has 2 rings (SSSR count). The minimum Gasteiger partial charge on any atom is -0.480 e. The van der Waals surface area contributed by atoms with Gasteiger partial charge in [-0.2, -0.15) is 0 Å². The predicted octanol–water partition coefficient (Wildman–Crippen LogP) is 0.596. The Labute approximate surface area is 143 Å². The average molecular weight is 339 g/mol. The maximum atomic E-state index is 12.4. The van der Waals surface area contributed by atoms with Crippen LogP contribution in [-0.2, 0) is 14.4 Å². The van der Waals surface area contributed by atoms with E-state index >= 15 is 0 Å². The number of carboxylic acid groups (broad SMARTS) is 1. The van der Waals surface area contributed by atoms with Crippen LogP contribution in [0.4, 0.5) is 0 Å². The second-order valence-corrected chi connectivity index (χ2v) is 6.88. The van der Waals surface area contributed by atoms with E-state index in [1.807, 2.05) is 0 Å². The highest BCUT2D eigenvalue weighted by Gasteiger charge is 2.28. The SMILES string of the molecule is O=C(O)CNC(=O)C1CCCN(C(=O)CCCC2CCNCC2)C1. The third-order valence-electron chi connectivity index (χ3n) is 5.02. The molecule has 0 aromatic heterocycles. The molecule has 2 aliphatic rings. The summed E-state index contributed by atoms with van der Waals surface area (Å²) in [7, 11) is 0. The molecule has 0 saturated carbocycles. The van der Waals surface area contributed by atoms with E-state index in [9.17, 15) is 14.4 Å². The van der Waals surface area contributed by atoms with Crippen LogP contribution in [0.5, 0.6) is 0 Å². The van der Waals surface area contributed by atoms with Gasteiger partial charge in [0.2, 0.25) is 11.8 Å². The molecule has 24 heavy (non-hydrogen) atoms. The van der Waals surface area contributed by atoms with Crippen molar-refractivity contribution in [2.24, 2.45) is 11.8 Å². The Kier molecular flexibility index (Phi) is 7.49. The number of carbonyl (C=O) groups excluding carboxylic acids is 2. The number of amides is 2. The van der Waals surface area contributed by atoms with Crippen molar-refractivity contribution in [3.63, 3.8) is 0 Å². The van der Waals surface area contributed by atoms with E-state index in [0.29, 0.717) is 25.9 Å². The first-order valence-electron chi connectivity index (χ1n) is 9.04. The zero-order valence-electron chi connectivity index (χ0n) is 14.3. The zero-order valence-corrected chi connectivity index (χ0v) is 14.3. The summed E-state index contributed by atoms with van der Waals surface area (Å²) in [4.78, 5) is 36.6. The van der Waals surface area contributed by atoms with Crippen molar-refractivity contribution < 1.29 is 19.5 Å². The van der Waals surface area contributed by atoms with Crippen molar-refractivity contribution in [1.82, 2.24) is 15.5 Å². The van der Waals surface area contributed by atoms with Crippen molar-refractivity contribution in [1.29, 1.82) is 0 Å². The van der Waals surface area contributed by atoms with E-state index in [1.165, 1.54) is 12.8 Å². The lowest BCUT2D eigenvalue weighted by molar-refractivity contribution is -0.140. The Bertz CT molecular complexity index is 449. The fourth-order valence-electron chi connectivity index (χ4n) is 3.60. The molecule has 2 amide bonds. The molecule has 2 aliphatic heterocycles. The number of aliphatic carboxylic acids is 1. The van der Waals surface area contributed by atoms with Crippen LogP contribution in [0.25, 0.3) is 0 Å². The molecule has 0 aliphatic carbocycles. The van der Waals surface area contributed by atoms with Gasteiger partial charge in [0.15, 0.2) is 0 Å². The van der Waals surface area contributed by atoms with Crippen molar-refractivity contribution in [2.75, 3.05) is 32.7 Å². The number of carboxylic acids is 1. The van der Waals surface area contributed by atoms with Gasteiger partial charge in [-0.3, -0.25) is 14.4 Å². The van der Waals surface area contributed by atoms with Crippen molar-refractivity contribution >= 4 is 17.8 Å². The fourth-order valence-corrected chi connectivity index (χ4v) is 3.60. The number of piperidine rings is 2. The Morgan fingerprint density at radius 3 is 2.62 bits per heavy atom. The quantitative estimate of drug-likeness (QED) is 0.631. The Morgan fingerprint density at radius 2 is 1.92 bits per heavy atom. The van der Waals surface area contributed by atoms with Crippen LogP contribution in [0, 0.1) is 11.8 Å². The molecule has 2 fully saturated rings. The van der Waals surface area contributed by atoms with Gasteiger partial charge in [0.25, 0.3) is 0 Å². The number of likely N-dealkylation sites (tertiary alicyclic amines) is 1. The maximum Gasteiger partial charge on any atom is 0.322 e. The monoisotopic (exact) mass is 339 g/mol. The number of nitrogens with zero attached hydrogens (tertiary/aromatic N) is 1. The normalized spacial score (nSPS) is 22.2. The number of hydrogen-bond donors (Lipinski definition) is 3. The van der Waals surface area contributed by atoms with E-state index < -0.39 is 5.97 Å². The Morgan fingerprint density at radius 1 is 1.17 bits per heavy atom. The first kappa shape index (κ1) is 18.7. The first-order valence-corrected chi connectivity index (χ1v) is 9.04. The molecule has 0 spiro atoms. The van der Waals surface area contributed by atoms with Crippen molar-refractivity contribution in [3.05, 3.63) is 0 Å². The van der Waals surface area contributed by atoms with Gasteiger partial charge in [0.05, 0.1) is 5.92 Å². The van der Waals surface area contributed by atoms with Crippen molar-refractivity contribution in [2.45, 2.75) is 44.9 Å². The van der Waals surface area contributed by atoms with Crippen LogP contribution >= 0.6 is 0 Å². The minimum absolute atomic E-state index is 0.125. The van der Waals surface area contributed by atoms with E-state index in [1.54, 1.807) is 4.90 Å². The van der Waals surface area contributed by atoms with E-state index in [0.717, 1.165) is 38.3 Å². The maximum absolute atomic E-state index is 12.4. The molecule has 1 atom stereocenters. The molecule has 0 aromatic carbocycles. The molecule has 7 nitrogen and oxygen atoms in total. The highest BCUT2D eigenvalue weighted by atomic mass is 16.4. The first-order chi connectivity index (χ1) is 11.6. The summed E-state index contributed by atoms with van der Waals surface area (Å²) in [5, 5.41) is 14.4. The molecule has 1 unspecified atom stereocenters. The molecule has 0 aromatic rings. The summed E-state index contributed by atoms with van der Waals surface area (Å²) < 4.78 is 0. The van der Waals surface area contributed by atoms with E-state index in [2.05, 4.69) is 10.6 Å². The lowest BCUT2D eigenvalue weighted by Gasteiger charge is -2.32. The molecule has 7 heteroatoms. The highest BCUT2D eigenvalue weighted by molar-refractivity contribution is 5.84. The van der Waals surface area contributed by atoms with Gasteiger partial charge in [0, 0.05) is 19.5 Å². The number of nitrogens with one attached hydrogen (secondary N) is 2. The minimum atomic E-state index is -1.05. The second kappa shape index (κ2) is 9.61. The Balaban J connectivity index is 1.69. The standard InChI is InChI=1S/C17H29N3O4/c21-15(5-1-3-13-6-8-18-9-7-13)20-10-2-4-14(12-20)17(24)19-11-16(22)23/h13-14,18H,1-12H2,(H,19,24)(H,22,23). The summed E-state index contributed by atoms with van der Waals surface area (Å²) in [6.45, 7) is 2.92. The van der Waals surface area contributed by atoms with Gasteiger partial charge in [-0.1, -0.05) is 0 Å². The van der Waals surface area contributed by atoms with Gasteiger partial charge in [-0.15, -0.1) is 0 Å². The van der Waals surface area contributed by atoms with Crippen LogP contribution < -0.4 is 10.6 Å². The zero-order chi connectivity index (χ0) is 17.4. The summed E-state index contributed by atoms with van der Waals surface area (Å²) >= 11 is 0. The van der Waals surface area contributed by atoms with Crippen molar-refractivity contribution in [3.8, 4) is 0 Å². The smallest absolute Gasteiger partial charge is 0.322 e. The third kappa shape index (κ3) is 6.11. The van der Waals surface area contributed by atoms with Gasteiger partial charge >= 0.3 is 5.97 Å². The molecular formula is C17H29N3O4. The van der Waals surface area contributed by atoms with Crippen LogP contribution in [-0.4, -0.2) is 60.5 Å². The molecule has 2 heterocycles. The third-order valence-corrected chi connectivity index (χ3v) is 5.02. The molecule has 0 radical (unpaired) electrons. The lowest BCUT2D eigenvalue weighted by Crippen LogP contribution is -2.46. The largest absolute Gasteiger partial charge is 0.480 e. The van der Waals surface area contributed by atoms with Crippen LogP contribution in [0.15, 0.2) is 0 Å². The molecular weight excluding hydrogens is 310 g/mol. The predicted molar refractivity (Wildman–Crippen MR) is 89.4 cm³/mol. The summed E-state index contributed by atoms with van der Waals surface area (Å²) in [5.41, 5.74) is 0. The number of rotatable bonds is 7. The van der Waals surface area contributed by atoms with Crippen LogP contribution in [0.2, 0.25) is 0 Å².